The summed E-state index contributed by atoms with van der Waals surface area (Å²) in [7, 11) is 1.86. The number of rotatable bonds is 3. The lowest BCUT2D eigenvalue weighted by atomic mass is 9.96. The molecule has 1 aliphatic rings. The number of carbonyl (C=O) groups excluding carboxylic acids is 1. The Labute approximate surface area is 123 Å². The molecule has 0 bridgehead atoms. The molecule has 0 saturated carbocycles. The molecule has 2 rings (SSSR count). The van der Waals surface area contributed by atoms with Gasteiger partial charge in [0.05, 0.1) is 23.2 Å². The van der Waals surface area contributed by atoms with Crippen LogP contribution in [0.15, 0.2) is 5.38 Å². The third-order valence-corrected chi connectivity index (χ3v) is 5.13. The Kier molecular flexibility index (Phi) is 4.18. The molecule has 0 aromatic carbocycles. The normalized spacial score (nSPS) is 21.7. The van der Waals surface area contributed by atoms with Crippen LogP contribution < -0.4 is 0 Å². The Balaban J connectivity index is 2.23. The first-order valence-electron chi connectivity index (χ1n) is 6.40. The molecular formula is C13H20ClN3OS. The van der Waals surface area contributed by atoms with Crippen molar-refractivity contribution in [3.05, 3.63) is 16.1 Å². The summed E-state index contributed by atoms with van der Waals surface area (Å²) >= 11 is 7.42. The molecule has 1 unspecified atom stereocenters. The largest absolute Gasteiger partial charge is 0.343 e. The molecule has 4 nitrogen and oxygen atoms in total. The van der Waals surface area contributed by atoms with Gasteiger partial charge in [-0.2, -0.15) is 0 Å². The van der Waals surface area contributed by atoms with Gasteiger partial charge in [-0.1, -0.05) is 0 Å². The third kappa shape index (κ3) is 2.64. The molecular weight excluding hydrogens is 282 g/mol. The second-order valence-electron chi connectivity index (χ2n) is 5.47. The van der Waals surface area contributed by atoms with Gasteiger partial charge in [-0.15, -0.1) is 22.9 Å². The van der Waals surface area contributed by atoms with Gasteiger partial charge < -0.3 is 4.90 Å². The minimum Gasteiger partial charge on any atom is -0.343 e. The number of likely N-dealkylation sites (N-methyl/N-ethyl adjacent to an activating group) is 1. The van der Waals surface area contributed by atoms with E-state index in [2.05, 4.69) is 16.8 Å². The summed E-state index contributed by atoms with van der Waals surface area (Å²) in [5.74, 6) is 0.605. The molecule has 1 aromatic heterocycles. The van der Waals surface area contributed by atoms with Crippen molar-refractivity contribution in [2.75, 3.05) is 20.1 Å². The number of thiazole rings is 1. The Morgan fingerprint density at radius 1 is 1.53 bits per heavy atom. The first kappa shape index (κ1) is 14.8. The SMILES string of the molecule is CC(c1nc(CCl)cs1)N1CCN(C)C(=O)C1(C)C. The zero-order chi connectivity index (χ0) is 14.2. The number of carbonyl (C=O) groups is 1. The maximum absolute atomic E-state index is 12.3. The Morgan fingerprint density at radius 3 is 2.79 bits per heavy atom. The van der Waals surface area contributed by atoms with Crippen LogP contribution in [0.1, 0.15) is 37.5 Å². The van der Waals surface area contributed by atoms with Gasteiger partial charge in [0.15, 0.2) is 0 Å². The second-order valence-corrected chi connectivity index (χ2v) is 6.62. The van der Waals surface area contributed by atoms with E-state index in [9.17, 15) is 4.79 Å². The monoisotopic (exact) mass is 301 g/mol. The highest BCUT2D eigenvalue weighted by Gasteiger charge is 2.43. The number of aromatic nitrogens is 1. The Hall–Kier alpha value is -0.650. The molecule has 19 heavy (non-hydrogen) atoms. The molecule has 1 aromatic rings. The van der Waals surface area contributed by atoms with Crippen LogP contribution in [0.5, 0.6) is 0 Å². The van der Waals surface area contributed by atoms with Gasteiger partial charge in [-0.25, -0.2) is 4.98 Å². The number of piperazine rings is 1. The van der Waals surface area contributed by atoms with Crippen LogP contribution in [0.3, 0.4) is 0 Å². The molecule has 0 radical (unpaired) electrons. The topological polar surface area (TPSA) is 36.4 Å². The number of hydrogen-bond donors (Lipinski definition) is 0. The van der Waals surface area contributed by atoms with Crippen LogP contribution >= 0.6 is 22.9 Å². The molecule has 1 amide bonds. The second kappa shape index (κ2) is 5.38. The molecule has 0 spiro atoms. The molecule has 6 heteroatoms. The van der Waals surface area contributed by atoms with Crippen LogP contribution in [-0.2, 0) is 10.7 Å². The van der Waals surface area contributed by atoms with E-state index in [4.69, 9.17) is 11.6 Å². The molecule has 1 saturated heterocycles. The smallest absolute Gasteiger partial charge is 0.242 e. The van der Waals surface area contributed by atoms with E-state index in [0.717, 1.165) is 23.8 Å². The van der Waals surface area contributed by atoms with Crippen molar-refractivity contribution in [1.29, 1.82) is 0 Å². The van der Waals surface area contributed by atoms with E-state index < -0.39 is 5.54 Å². The van der Waals surface area contributed by atoms with E-state index in [0.29, 0.717) is 5.88 Å². The fraction of sp³-hybridized carbons (Fsp3) is 0.692. The van der Waals surface area contributed by atoms with Gasteiger partial charge in [-0.3, -0.25) is 9.69 Å². The van der Waals surface area contributed by atoms with Crippen molar-refractivity contribution >= 4 is 28.8 Å². The van der Waals surface area contributed by atoms with Crippen molar-refractivity contribution in [1.82, 2.24) is 14.8 Å². The number of hydrogen-bond acceptors (Lipinski definition) is 4. The molecule has 1 aliphatic heterocycles. The highest BCUT2D eigenvalue weighted by Crippen LogP contribution is 2.33. The standard InChI is InChI=1S/C13H20ClN3OS/c1-9(11-15-10(7-14)8-19-11)17-6-5-16(4)12(18)13(17,2)3/h8-9H,5-7H2,1-4H3. The zero-order valence-corrected chi connectivity index (χ0v) is 13.4. The van der Waals surface area contributed by atoms with Gasteiger partial charge in [0, 0.05) is 25.5 Å². The predicted octanol–water partition coefficient (Wildman–Crippen LogP) is 2.50. The summed E-state index contributed by atoms with van der Waals surface area (Å²) in [6.07, 6.45) is 0. The van der Waals surface area contributed by atoms with E-state index in [-0.39, 0.29) is 11.9 Å². The minimum absolute atomic E-state index is 0.134. The highest BCUT2D eigenvalue weighted by atomic mass is 35.5. The average Bonchev–Trinajstić information content (AvgIpc) is 2.84. The summed E-state index contributed by atoms with van der Waals surface area (Å²) in [5.41, 5.74) is 0.422. The summed E-state index contributed by atoms with van der Waals surface area (Å²) in [5, 5.41) is 3.02. The van der Waals surface area contributed by atoms with Crippen LogP contribution in [0.25, 0.3) is 0 Å². The fourth-order valence-electron chi connectivity index (χ4n) is 2.62. The molecule has 0 N–H and O–H groups in total. The molecule has 0 aliphatic carbocycles. The first-order chi connectivity index (χ1) is 8.87. The number of alkyl halides is 1. The lowest BCUT2D eigenvalue weighted by Crippen LogP contribution is -2.62. The van der Waals surface area contributed by atoms with E-state index in [1.807, 2.05) is 26.3 Å². The van der Waals surface area contributed by atoms with Gasteiger partial charge in [0.25, 0.3) is 0 Å². The summed E-state index contributed by atoms with van der Waals surface area (Å²) in [4.78, 5) is 20.9. The van der Waals surface area contributed by atoms with Crippen LogP contribution in [0.4, 0.5) is 0 Å². The van der Waals surface area contributed by atoms with Crippen molar-refractivity contribution in [3.8, 4) is 0 Å². The van der Waals surface area contributed by atoms with Crippen LogP contribution in [0.2, 0.25) is 0 Å². The first-order valence-corrected chi connectivity index (χ1v) is 7.82. The van der Waals surface area contributed by atoms with Gasteiger partial charge in [-0.05, 0) is 20.8 Å². The zero-order valence-electron chi connectivity index (χ0n) is 11.8. The van der Waals surface area contributed by atoms with E-state index in [1.54, 1.807) is 16.2 Å². The number of amides is 1. The quantitative estimate of drug-likeness (QED) is 0.805. The van der Waals surface area contributed by atoms with Crippen LogP contribution in [-0.4, -0.2) is 46.4 Å². The molecule has 1 atom stereocenters. The van der Waals surface area contributed by atoms with E-state index >= 15 is 0 Å². The maximum atomic E-state index is 12.3. The minimum atomic E-state index is -0.487. The van der Waals surface area contributed by atoms with E-state index in [1.165, 1.54) is 0 Å². The lowest BCUT2D eigenvalue weighted by molar-refractivity contribution is -0.149. The van der Waals surface area contributed by atoms with Gasteiger partial charge in [0.2, 0.25) is 5.91 Å². The third-order valence-electron chi connectivity index (χ3n) is 3.80. The number of nitrogens with zero attached hydrogens (tertiary/aromatic N) is 3. The highest BCUT2D eigenvalue weighted by molar-refractivity contribution is 7.09. The van der Waals surface area contributed by atoms with Crippen LogP contribution in [0, 0.1) is 0 Å². The Morgan fingerprint density at radius 2 is 2.21 bits per heavy atom. The Bertz CT molecular complexity index is 474. The van der Waals surface area contributed by atoms with Gasteiger partial charge in [0.1, 0.15) is 5.01 Å². The predicted molar refractivity (Wildman–Crippen MR) is 78.5 cm³/mol. The molecule has 2 heterocycles. The molecule has 106 valence electrons. The fourth-order valence-corrected chi connectivity index (χ4v) is 3.73. The summed E-state index contributed by atoms with van der Waals surface area (Å²) in [6, 6.07) is 0.134. The average molecular weight is 302 g/mol. The summed E-state index contributed by atoms with van der Waals surface area (Å²) < 4.78 is 0. The van der Waals surface area contributed by atoms with Crippen molar-refractivity contribution in [2.45, 2.75) is 38.2 Å². The maximum Gasteiger partial charge on any atom is 0.242 e. The lowest BCUT2D eigenvalue weighted by Gasteiger charge is -2.47. The summed E-state index contributed by atoms with van der Waals surface area (Å²) in [6.45, 7) is 7.71. The van der Waals surface area contributed by atoms with Crippen molar-refractivity contribution in [3.63, 3.8) is 0 Å². The van der Waals surface area contributed by atoms with Crippen molar-refractivity contribution < 1.29 is 4.79 Å². The molecule has 1 fully saturated rings. The van der Waals surface area contributed by atoms with Gasteiger partial charge >= 0.3 is 0 Å². The number of halogens is 1. The van der Waals surface area contributed by atoms with Crippen molar-refractivity contribution in [2.24, 2.45) is 0 Å².